The van der Waals surface area contributed by atoms with Crippen LogP contribution >= 0.6 is 23.1 Å². The molecule has 3 N–H and O–H groups in total. The number of aromatic nitrogens is 1. The molecule has 3 amide bonds. The predicted molar refractivity (Wildman–Crippen MR) is 156 cm³/mol. The molecule has 42 heavy (non-hydrogen) atoms. The van der Waals surface area contributed by atoms with Gasteiger partial charge in [-0.1, -0.05) is 17.4 Å². The van der Waals surface area contributed by atoms with Crippen LogP contribution in [0, 0.1) is 29.6 Å². The van der Waals surface area contributed by atoms with Crippen LogP contribution in [0.5, 0.6) is 17.2 Å². The Morgan fingerprint density at radius 3 is 2.50 bits per heavy atom. The van der Waals surface area contributed by atoms with E-state index < -0.39 is 11.8 Å². The standard InChI is InChI=1S/C30H29N3O7S2/c1-39-15-6-4-14(5-7-15)31-20(35)9-10-33-28(36)23-16-12-17(24(23)29(33)37)25-22(16)21(26-27(41-25)32-30(38)42-26)13-3-8-18(34)19(11-13)40-2/h3-8,11,16-17,21-25,34H,9-10,12H2,1-2H3,(H,31,35)(H,32,38). The Kier molecular flexibility index (Phi) is 6.58. The number of thiazole rings is 1. The van der Waals surface area contributed by atoms with E-state index in [1.165, 1.54) is 23.3 Å². The van der Waals surface area contributed by atoms with Gasteiger partial charge in [-0.15, -0.1) is 11.8 Å². The van der Waals surface area contributed by atoms with Crippen LogP contribution in [0.2, 0.25) is 0 Å². The number of likely N-dealkylation sites (tertiary alicyclic amines) is 1. The molecule has 1 saturated heterocycles. The van der Waals surface area contributed by atoms with Crippen molar-refractivity contribution in [1.29, 1.82) is 0 Å². The van der Waals surface area contributed by atoms with Crippen LogP contribution in [0.3, 0.4) is 0 Å². The molecule has 3 fully saturated rings. The van der Waals surface area contributed by atoms with E-state index in [0.717, 1.165) is 21.9 Å². The van der Waals surface area contributed by atoms with Crippen molar-refractivity contribution in [3.8, 4) is 17.2 Å². The first kappa shape index (κ1) is 27.1. The number of thioether (sulfide) groups is 1. The van der Waals surface area contributed by atoms with E-state index in [1.807, 2.05) is 6.07 Å². The number of hydrogen-bond acceptors (Lipinski definition) is 9. The van der Waals surface area contributed by atoms with Gasteiger partial charge < -0.3 is 24.9 Å². The molecule has 0 radical (unpaired) electrons. The van der Waals surface area contributed by atoms with Crippen molar-refractivity contribution < 1.29 is 29.0 Å². The topological polar surface area (TPSA) is 138 Å². The van der Waals surface area contributed by atoms with E-state index in [9.17, 15) is 24.3 Å². The Balaban J connectivity index is 1.13. The molecule has 2 aromatic carbocycles. The number of imide groups is 1. The van der Waals surface area contributed by atoms with E-state index in [-0.39, 0.29) is 70.2 Å². The third-order valence-electron chi connectivity index (χ3n) is 9.31. The number of nitrogens with one attached hydrogen (secondary N) is 2. The van der Waals surface area contributed by atoms with Crippen molar-refractivity contribution in [1.82, 2.24) is 9.88 Å². The number of carbonyl (C=O) groups is 3. The van der Waals surface area contributed by atoms with E-state index in [0.29, 0.717) is 17.2 Å². The third kappa shape index (κ3) is 4.14. The van der Waals surface area contributed by atoms with E-state index in [1.54, 1.807) is 55.3 Å². The quantitative estimate of drug-likeness (QED) is 0.346. The van der Waals surface area contributed by atoms with Crippen molar-refractivity contribution >= 4 is 46.5 Å². The number of benzene rings is 2. The monoisotopic (exact) mass is 607 g/mol. The molecule has 2 bridgehead atoms. The van der Waals surface area contributed by atoms with Crippen LogP contribution in [0.1, 0.15) is 29.2 Å². The summed E-state index contributed by atoms with van der Waals surface area (Å²) in [4.78, 5) is 57.7. The summed E-state index contributed by atoms with van der Waals surface area (Å²) in [5.41, 5.74) is 1.52. The molecule has 2 saturated carbocycles. The number of hydrogen-bond donors (Lipinski definition) is 3. The molecule has 1 aromatic heterocycles. The van der Waals surface area contributed by atoms with Gasteiger partial charge in [0.05, 0.1) is 31.1 Å². The third-order valence-corrected chi connectivity index (χ3v) is 11.9. The van der Waals surface area contributed by atoms with Gasteiger partial charge in [-0.2, -0.15) is 0 Å². The Bertz CT molecular complexity index is 1650. The van der Waals surface area contributed by atoms with Crippen molar-refractivity contribution in [3.63, 3.8) is 0 Å². The van der Waals surface area contributed by atoms with Gasteiger partial charge in [0, 0.05) is 34.7 Å². The van der Waals surface area contributed by atoms with Crippen molar-refractivity contribution in [2.75, 3.05) is 26.1 Å². The molecule has 3 aromatic rings. The van der Waals surface area contributed by atoms with Crippen LogP contribution in [0.4, 0.5) is 5.69 Å². The van der Waals surface area contributed by atoms with Crippen LogP contribution in [0.25, 0.3) is 0 Å². The maximum Gasteiger partial charge on any atom is 0.305 e. The number of ether oxygens (including phenoxy) is 2. The molecule has 7 unspecified atom stereocenters. The highest BCUT2D eigenvalue weighted by molar-refractivity contribution is 8.00. The first-order valence-electron chi connectivity index (χ1n) is 13.8. The second kappa shape index (κ2) is 10.2. The van der Waals surface area contributed by atoms with Gasteiger partial charge in [-0.3, -0.25) is 24.1 Å². The zero-order valence-corrected chi connectivity index (χ0v) is 24.5. The summed E-state index contributed by atoms with van der Waals surface area (Å²) in [5, 5.41) is 13.9. The number of H-pyrrole nitrogens is 1. The van der Waals surface area contributed by atoms with E-state index in [4.69, 9.17) is 9.47 Å². The summed E-state index contributed by atoms with van der Waals surface area (Å²) in [7, 11) is 3.06. The Morgan fingerprint density at radius 2 is 1.79 bits per heavy atom. The minimum Gasteiger partial charge on any atom is -0.504 e. The lowest BCUT2D eigenvalue weighted by molar-refractivity contribution is -0.141. The zero-order chi connectivity index (χ0) is 29.3. The number of amides is 3. The minimum atomic E-state index is -0.437. The molecule has 2 aliphatic heterocycles. The normalized spacial score (nSPS) is 28.8. The van der Waals surface area contributed by atoms with E-state index >= 15 is 0 Å². The maximum absolute atomic E-state index is 13.8. The number of methoxy groups -OCH3 is 2. The van der Waals surface area contributed by atoms with Gasteiger partial charge >= 0.3 is 4.87 Å². The molecule has 12 heteroatoms. The van der Waals surface area contributed by atoms with Crippen molar-refractivity contribution in [3.05, 3.63) is 62.6 Å². The second-order valence-electron chi connectivity index (χ2n) is 11.2. The number of anilines is 1. The number of aromatic hydroxyl groups is 1. The summed E-state index contributed by atoms with van der Waals surface area (Å²) in [6, 6.07) is 12.2. The molecular formula is C30H29N3O7S2. The number of nitrogens with zero attached hydrogens (tertiary/aromatic N) is 1. The van der Waals surface area contributed by atoms with Gasteiger partial charge in [-0.05, 0) is 66.1 Å². The van der Waals surface area contributed by atoms with Crippen molar-refractivity contribution in [2.24, 2.45) is 29.6 Å². The summed E-state index contributed by atoms with van der Waals surface area (Å²) in [5.74, 6) is -0.665. The number of rotatable bonds is 7. The second-order valence-corrected chi connectivity index (χ2v) is 13.4. The van der Waals surface area contributed by atoms with Gasteiger partial charge in [-0.25, -0.2) is 0 Å². The van der Waals surface area contributed by atoms with Gasteiger partial charge in [0.15, 0.2) is 11.5 Å². The molecule has 218 valence electrons. The average Bonchev–Trinajstić information content (AvgIpc) is 3.72. The number of phenolic OH excluding ortho intramolecular Hbond substituents is 1. The number of carbonyl (C=O) groups excluding carboxylic acids is 3. The zero-order valence-electron chi connectivity index (χ0n) is 22.9. The van der Waals surface area contributed by atoms with Gasteiger partial charge in [0.1, 0.15) is 5.75 Å². The fourth-order valence-corrected chi connectivity index (χ4v) is 10.6. The van der Waals surface area contributed by atoms with Crippen LogP contribution in [-0.4, -0.2) is 58.7 Å². The van der Waals surface area contributed by atoms with Gasteiger partial charge in [0.2, 0.25) is 17.7 Å². The lowest BCUT2D eigenvalue weighted by Gasteiger charge is -2.43. The average molecular weight is 608 g/mol. The Labute approximate surface area is 249 Å². The Morgan fingerprint density at radius 1 is 1.05 bits per heavy atom. The highest BCUT2D eigenvalue weighted by atomic mass is 32.2. The van der Waals surface area contributed by atoms with Gasteiger partial charge in [0.25, 0.3) is 0 Å². The molecular weight excluding hydrogens is 578 g/mol. The van der Waals surface area contributed by atoms with Crippen molar-refractivity contribution in [2.45, 2.75) is 29.0 Å². The first-order chi connectivity index (χ1) is 20.3. The molecule has 7 rings (SSSR count). The highest BCUT2D eigenvalue weighted by Gasteiger charge is 2.69. The SMILES string of the molecule is COc1ccc(NC(=O)CCN2C(=O)C3C4CC(C3C2=O)C2C(c3ccc(O)c(OC)c3)c3sc(=O)[nH]c3SC42)cc1. The summed E-state index contributed by atoms with van der Waals surface area (Å²) >= 11 is 2.80. The number of fused-ring (bicyclic) bond motifs is 9. The lowest BCUT2D eigenvalue weighted by atomic mass is 9.68. The predicted octanol–water partition coefficient (Wildman–Crippen LogP) is 3.66. The fourth-order valence-electron chi connectivity index (χ4n) is 7.67. The summed E-state index contributed by atoms with van der Waals surface area (Å²) in [6.45, 7) is 0.0355. The Hall–Kier alpha value is -3.77. The van der Waals surface area contributed by atoms with Crippen LogP contribution < -0.4 is 19.7 Å². The molecule has 2 aliphatic carbocycles. The summed E-state index contributed by atoms with van der Waals surface area (Å²) < 4.78 is 10.5. The minimum absolute atomic E-state index is 0.00827. The number of phenols is 1. The summed E-state index contributed by atoms with van der Waals surface area (Å²) in [6.07, 6.45) is 0.778. The number of aromatic amines is 1. The molecule has 10 nitrogen and oxygen atoms in total. The lowest BCUT2D eigenvalue weighted by Crippen LogP contribution is -2.42. The van der Waals surface area contributed by atoms with E-state index in [2.05, 4.69) is 10.3 Å². The first-order valence-corrected chi connectivity index (χ1v) is 15.5. The fraction of sp³-hybridized carbons (Fsp3) is 0.400. The molecule has 0 spiro atoms. The largest absolute Gasteiger partial charge is 0.504 e. The molecule has 4 aliphatic rings. The molecule has 7 atom stereocenters. The molecule has 3 heterocycles. The smallest absolute Gasteiger partial charge is 0.305 e. The van der Waals surface area contributed by atoms with Crippen LogP contribution in [-0.2, 0) is 14.4 Å². The van der Waals surface area contributed by atoms with Crippen LogP contribution in [0.15, 0.2) is 52.3 Å². The maximum atomic E-state index is 13.8. The highest BCUT2D eigenvalue weighted by Crippen LogP contribution is 2.68.